The first-order valence-corrected chi connectivity index (χ1v) is 8.76. The summed E-state index contributed by atoms with van der Waals surface area (Å²) in [5.41, 5.74) is 6.30. The molecule has 0 saturated carbocycles. The SMILES string of the molecule is CC(N)c1ccc2c(c1)N(CC(=O)Nc1nccs1)C(=O)C(C)(C)O2. The van der Waals surface area contributed by atoms with E-state index in [1.54, 1.807) is 37.6 Å². The summed E-state index contributed by atoms with van der Waals surface area (Å²) in [6.07, 6.45) is 1.60. The number of aromatic nitrogens is 1. The van der Waals surface area contributed by atoms with E-state index in [4.69, 9.17) is 10.5 Å². The van der Waals surface area contributed by atoms with Crippen molar-refractivity contribution in [2.75, 3.05) is 16.8 Å². The number of ether oxygens (including phenoxy) is 1. The van der Waals surface area contributed by atoms with Crippen LogP contribution in [0.4, 0.5) is 10.8 Å². The van der Waals surface area contributed by atoms with Crippen molar-refractivity contribution >= 4 is 34.0 Å². The van der Waals surface area contributed by atoms with Gasteiger partial charge in [-0.05, 0) is 38.5 Å². The summed E-state index contributed by atoms with van der Waals surface area (Å²) < 4.78 is 5.81. The smallest absolute Gasteiger partial charge is 0.271 e. The summed E-state index contributed by atoms with van der Waals surface area (Å²) in [6, 6.07) is 5.25. The van der Waals surface area contributed by atoms with Crippen molar-refractivity contribution in [1.82, 2.24) is 4.98 Å². The third kappa shape index (κ3) is 3.49. The molecule has 2 aromatic rings. The Morgan fingerprint density at radius 1 is 1.48 bits per heavy atom. The number of nitrogens with zero attached hydrogens (tertiary/aromatic N) is 2. The molecule has 1 aromatic heterocycles. The van der Waals surface area contributed by atoms with Gasteiger partial charge >= 0.3 is 0 Å². The Morgan fingerprint density at radius 2 is 2.24 bits per heavy atom. The molecule has 0 spiro atoms. The molecular weight excluding hydrogens is 340 g/mol. The predicted molar refractivity (Wildman–Crippen MR) is 96.8 cm³/mol. The van der Waals surface area contributed by atoms with Crippen molar-refractivity contribution in [2.24, 2.45) is 5.73 Å². The standard InChI is InChI=1S/C17H20N4O3S/c1-10(18)11-4-5-13-12(8-11)21(15(23)17(2,3)24-13)9-14(22)20-16-19-6-7-25-16/h4-8,10H,9,18H2,1-3H3,(H,19,20,22). The molecule has 1 unspecified atom stereocenters. The molecule has 1 atom stereocenters. The average Bonchev–Trinajstić information content (AvgIpc) is 3.04. The van der Waals surface area contributed by atoms with Crippen LogP contribution in [0.5, 0.6) is 5.75 Å². The minimum atomic E-state index is -1.05. The number of rotatable bonds is 4. The summed E-state index contributed by atoms with van der Waals surface area (Å²) >= 11 is 1.32. The third-order valence-electron chi connectivity index (χ3n) is 3.91. The predicted octanol–water partition coefficient (Wildman–Crippen LogP) is 2.31. The number of carbonyl (C=O) groups excluding carboxylic acids is 2. The molecule has 1 aromatic carbocycles. The van der Waals surface area contributed by atoms with E-state index in [-0.39, 0.29) is 24.4 Å². The van der Waals surface area contributed by atoms with Crippen molar-refractivity contribution in [2.45, 2.75) is 32.4 Å². The molecule has 3 N–H and O–H groups in total. The molecule has 132 valence electrons. The Kier molecular flexibility index (Phi) is 4.49. The zero-order valence-electron chi connectivity index (χ0n) is 14.3. The van der Waals surface area contributed by atoms with Crippen LogP contribution in [-0.2, 0) is 9.59 Å². The van der Waals surface area contributed by atoms with Gasteiger partial charge in [-0.15, -0.1) is 11.3 Å². The van der Waals surface area contributed by atoms with Crippen LogP contribution in [0.1, 0.15) is 32.4 Å². The Bertz CT molecular complexity index is 802. The third-order valence-corrected chi connectivity index (χ3v) is 4.59. The number of benzene rings is 1. The van der Waals surface area contributed by atoms with Gasteiger partial charge in [-0.25, -0.2) is 4.98 Å². The molecule has 8 heteroatoms. The molecule has 1 aliphatic rings. The Hall–Kier alpha value is -2.45. The molecule has 25 heavy (non-hydrogen) atoms. The van der Waals surface area contributed by atoms with E-state index in [9.17, 15) is 9.59 Å². The fourth-order valence-corrected chi connectivity index (χ4v) is 3.16. The van der Waals surface area contributed by atoms with Gasteiger partial charge in [0.15, 0.2) is 10.7 Å². The maximum Gasteiger partial charge on any atom is 0.271 e. The molecule has 1 aliphatic heterocycles. The molecular formula is C17H20N4O3S. The molecule has 0 aliphatic carbocycles. The average molecular weight is 360 g/mol. The van der Waals surface area contributed by atoms with Gasteiger partial charge in [0.2, 0.25) is 5.91 Å². The van der Waals surface area contributed by atoms with Gasteiger partial charge in [0.25, 0.3) is 5.91 Å². The van der Waals surface area contributed by atoms with E-state index in [0.29, 0.717) is 16.6 Å². The maximum atomic E-state index is 12.8. The zero-order chi connectivity index (χ0) is 18.2. The van der Waals surface area contributed by atoms with Crippen LogP contribution in [-0.4, -0.2) is 28.9 Å². The largest absolute Gasteiger partial charge is 0.476 e. The van der Waals surface area contributed by atoms with E-state index in [2.05, 4.69) is 10.3 Å². The number of hydrogen-bond acceptors (Lipinski definition) is 6. The van der Waals surface area contributed by atoms with Crippen LogP contribution >= 0.6 is 11.3 Å². The lowest BCUT2D eigenvalue weighted by Crippen LogP contribution is -2.54. The summed E-state index contributed by atoms with van der Waals surface area (Å²) in [6.45, 7) is 5.10. The second kappa shape index (κ2) is 6.45. The van der Waals surface area contributed by atoms with Gasteiger partial charge in [-0.3, -0.25) is 14.5 Å². The Balaban J connectivity index is 1.92. The highest BCUT2D eigenvalue weighted by Gasteiger charge is 2.41. The van der Waals surface area contributed by atoms with E-state index < -0.39 is 5.60 Å². The van der Waals surface area contributed by atoms with Crippen molar-refractivity contribution in [1.29, 1.82) is 0 Å². The van der Waals surface area contributed by atoms with E-state index in [1.807, 2.05) is 13.0 Å². The number of nitrogens with one attached hydrogen (secondary N) is 1. The van der Waals surface area contributed by atoms with Gasteiger partial charge in [-0.1, -0.05) is 6.07 Å². The number of amides is 2. The number of fused-ring (bicyclic) bond motifs is 1. The number of anilines is 2. The summed E-state index contributed by atoms with van der Waals surface area (Å²) in [7, 11) is 0. The Morgan fingerprint density at radius 3 is 2.88 bits per heavy atom. The first kappa shape index (κ1) is 17.4. The summed E-state index contributed by atoms with van der Waals surface area (Å²) in [4.78, 5) is 30.6. The molecule has 0 saturated heterocycles. The monoisotopic (exact) mass is 360 g/mol. The molecule has 7 nitrogen and oxygen atoms in total. The molecule has 2 amide bonds. The normalized spacial score (nSPS) is 16.8. The highest BCUT2D eigenvalue weighted by atomic mass is 32.1. The first-order valence-electron chi connectivity index (χ1n) is 7.88. The van der Waals surface area contributed by atoms with Gasteiger partial charge in [-0.2, -0.15) is 0 Å². The van der Waals surface area contributed by atoms with E-state index >= 15 is 0 Å². The van der Waals surface area contributed by atoms with Crippen LogP contribution in [0.3, 0.4) is 0 Å². The minimum absolute atomic E-state index is 0.124. The van der Waals surface area contributed by atoms with Crippen LogP contribution in [0.25, 0.3) is 0 Å². The molecule has 3 rings (SSSR count). The van der Waals surface area contributed by atoms with Crippen molar-refractivity contribution < 1.29 is 14.3 Å². The number of nitrogens with two attached hydrogens (primary N) is 1. The van der Waals surface area contributed by atoms with Gasteiger partial charge in [0.05, 0.1) is 5.69 Å². The lowest BCUT2D eigenvalue weighted by atomic mass is 10.0. The van der Waals surface area contributed by atoms with Crippen molar-refractivity contribution in [3.8, 4) is 5.75 Å². The first-order chi connectivity index (χ1) is 11.8. The molecule has 2 heterocycles. The highest BCUT2D eigenvalue weighted by molar-refractivity contribution is 7.13. The van der Waals surface area contributed by atoms with Crippen LogP contribution in [0.15, 0.2) is 29.8 Å². The molecule has 0 fully saturated rings. The Labute approximate surface area is 149 Å². The number of thiazole rings is 1. The van der Waals surface area contributed by atoms with E-state index in [1.165, 1.54) is 16.2 Å². The van der Waals surface area contributed by atoms with Crippen molar-refractivity contribution in [3.05, 3.63) is 35.3 Å². The second-order valence-corrected chi connectivity index (χ2v) is 7.30. The molecule has 0 bridgehead atoms. The lowest BCUT2D eigenvalue weighted by molar-refractivity contribution is -0.133. The van der Waals surface area contributed by atoms with Gasteiger partial charge in [0.1, 0.15) is 12.3 Å². The topological polar surface area (TPSA) is 97.5 Å². The second-order valence-electron chi connectivity index (χ2n) is 6.40. The van der Waals surface area contributed by atoms with Gasteiger partial charge < -0.3 is 15.8 Å². The highest BCUT2D eigenvalue weighted by Crippen LogP contribution is 2.39. The lowest BCUT2D eigenvalue weighted by Gasteiger charge is -2.38. The fraction of sp³-hybridized carbons (Fsp3) is 0.353. The van der Waals surface area contributed by atoms with E-state index in [0.717, 1.165) is 5.56 Å². The summed E-state index contributed by atoms with van der Waals surface area (Å²) in [5.74, 6) is -0.0506. The molecule has 0 radical (unpaired) electrons. The van der Waals surface area contributed by atoms with Crippen LogP contribution in [0.2, 0.25) is 0 Å². The van der Waals surface area contributed by atoms with Crippen LogP contribution in [0, 0.1) is 0 Å². The fourth-order valence-electron chi connectivity index (χ4n) is 2.61. The number of hydrogen-bond donors (Lipinski definition) is 2. The van der Waals surface area contributed by atoms with Crippen molar-refractivity contribution in [3.63, 3.8) is 0 Å². The zero-order valence-corrected chi connectivity index (χ0v) is 15.1. The van der Waals surface area contributed by atoms with Crippen LogP contribution < -0.4 is 20.7 Å². The number of carbonyl (C=O) groups is 2. The summed E-state index contributed by atoms with van der Waals surface area (Å²) in [5, 5.41) is 4.96. The van der Waals surface area contributed by atoms with Gasteiger partial charge in [0, 0.05) is 17.6 Å². The minimum Gasteiger partial charge on any atom is -0.476 e. The quantitative estimate of drug-likeness (QED) is 0.872. The maximum absolute atomic E-state index is 12.8.